The molecule has 2 amide bonds. The number of fused-ring (bicyclic) bond motifs is 1. The van der Waals surface area contributed by atoms with Crippen LogP contribution in [0.5, 0.6) is 0 Å². The maximum atomic E-state index is 13.1. The van der Waals surface area contributed by atoms with Crippen molar-refractivity contribution in [3.63, 3.8) is 0 Å². The Morgan fingerprint density at radius 2 is 1.64 bits per heavy atom. The number of nitrogens with one attached hydrogen (secondary N) is 2. The minimum atomic E-state index is -4.89. The van der Waals surface area contributed by atoms with E-state index in [1.807, 2.05) is 7.05 Å². The fourth-order valence-corrected chi connectivity index (χ4v) is 3.36. The van der Waals surface area contributed by atoms with Gasteiger partial charge in [0.05, 0.1) is 29.0 Å². The first-order valence-corrected chi connectivity index (χ1v) is 9.52. The van der Waals surface area contributed by atoms with Gasteiger partial charge in [0.15, 0.2) is 0 Å². The zero-order valence-electron chi connectivity index (χ0n) is 17.0. The van der Waals surface area contributed by atoms with Crippen molar-refractivity contribution in [2.45, 2.75) is 6.18 Å². The molecule has 4 rings (SSSR count). The summed E-state index contributed by atoms with van der Waals surface area (Å²) in [5.41, 5.74) is 0.510. The van der Waals surface area contributed by atoms with Crippen molar-refractivity contribution in [2.24, 2.45) is 7.05 Å². The van der Waals surface area contributed by atoms with Crippen molar-refractivity contribution in [3.8, 4) is 11.1 Å². The predicted molar refractivity (Wildman–Crippen MR) is 115 cm³/mol. The lowest BCUT2D eigenvalue weighted by Crippen LogP contribution is -2.20. The molecule has 33 heavy (non-hydrogen) atoms. The Morgan fingerprint density at radius 3 is 2.30 bits per heavy atom. The van der Waals surface area contributed by atoms with E-state index in [0.29, 0.717) is 11.8 Å². The van der Waals surface area contributed by atoms with Gasteiger partial charge in [-0.25, -0.2) is 9.59 Å². The topological polar surface area (TPSA) is 109 Å². The number of amides is 2. The van der Waals surface area contributed by atoms with Gasteiger partial charge < -0.3 is 15.7 Å². The summed E-state index contributed by atoms with van der Waals surface area (Å²) in [6.07, 6.45) is 0.262. The van der Waals surface area contributed by atoms with Crippen LogP contribution in [0.4, 0.5) is 29.3 Å². The van der Waals surface area contributed by atoms with Crippen LogP contribution in [0.25, 0.3) is 22.0 Å². The number of anilines is 2. The van der Waals surface area contributed by atoms with Gasteiger partial charge in [0.25, 0.3) is 0 Å². The smallest absolute Gasteiger partial charge is 0.417 e. The molecule has 8 nitrogen and oxygen atoms in total. The summed E-state index contributed by atoms with van der Waals surface area (Å²) in [5.74, 6) is -1.71. The highest BCUT2D eigenvalue weighted by molar-refractivity contribution is 6.01. The second-order valence-corrected chi connectivity index (χ2v) is 7.11. The summed E-state index contributed by atoms with van der Waals surface area (Å²) in [7, 11) is 1.81. The number of urea groups is 1. The molecule has 2 heterocycles. The monoisotopic (exact) mass is 455 g/mol. The number of aromatic nitrogens is 3. The van der Waals surface area contributed by atoms with Crippen molar-refractivity contribution < 1.29 is 27.9 Å². The third-order valence-corrected chi connectivity index (χ3v) is 4.94. The molecule has 0 saturated heterocycles. The molecule has 0 atom stereocenters. The number of carbonyl (C=O) groups is 2. The summed E-state index contributed by atoms with van der Waals surface area (Å²) < 4.78 is 41.2. The molecule has 0 fully saturated rings. The third kappa shape index (κ3) is 4.47. The predicted octanol–water partition coefficient (Wildman–Crippen LogP) is 5.00. The average molecular weight is 455 g/mol. The fourth-order valence-electron chi connectivity index (χ4n) is 3.36. The van der Waals surface area contributed by atoms with Crippen LogP contribution in [0, 0.1) is 0 Å². The number of aromatic carboxylic acids is 1. The van der Waals surface area contributed by atoms with Gasteiger partial charge in [-0.3, -0.25) is 9.67 Å². The highest BCUT2D eigenvalue weighted by Crippen LogP contribution is 2.34. The van der Waals surface area contributed by atoms with E-state index in [1.54, 1.807) is 47.5 Å². The summed E-state index contributed by atoms with van der Waals surface area (Å²) >= 11 is 0. The molecular formula is C22H16F3N5O3. The number of carboxylic acid groups (broad SMARTS) is 1. The maximum absolute atomic E-state index is 13.1. The molecule has 0 aliphatic rings. The fraction of sp³-hybridized carbons (Fsp3) is 0.0909. The third-order valence-electron chi connectivity index (χ3n) is 4.94. The number of alkyl halides is 3. The van der Waals surface area contributed by atoms with E-state index < -0.39 is 29.3 Å². The van der Waals surface area contributed by atoms with Gasteiger partial charge in [-0.2, -0.15) is 18.3 Å². The maximum Gasteiger partial charge on any atom is 0.417 e. The summed E-state index contributed by atoms with van der Waals surface area (Å²) in [4.78, 5) is 27.5. The van der Waals surface area contributed by atoms with Crippen molar-refractivity contribution >= 4 is 34.3 Å². The van der Waals surface area contributed by atoms with Crippen LogP contribution in [-0.4, -0.2) is 31.9 Å². The summed E-state index contributed by atoms with van der Waals surface area (Å²) in [6, 6.07) is 8.48. The number of carboxylic acids is 1. The number of aryl methyl sites for hydroxylation is 1. The number of hydrogen-bond acceptors (Lipinski definition) is 4. The second kappa shape index (κ2) is 8.26. The largest absolute Gasteiger partial charge is 0.478 e. The Kier molecular flexibility index (Phi) is 5.46. The van der Waals surface area contributed by atoms with Crippen LogP contribution >= 0.6 is 0 Å². The molecule has 2 aromatic carbocycles. The molecule has 168 valence electrons. The lowest BCUT2D eigenvalue weighted by molar-refractivity contribution is -0.138. The van der Waals surface area contributed by atoms with E-state index in [1.165, 1.54) is 0 Å². The minimum Gasteiger partial charge on any atom is -0.478 e. The number of nitrogens with zero attached hydrogens (tertiary/aromatic N) is 3. The highest BCUT2D eigenvalue weighted by atomic mass is 19.4. The second-order valence-electron chi connectivity index (χ2n) is 7.11. The standard InChI is InChI=1S/C22H16F3N5O3/c1-30-19-11-26-9-16(17(19)10-27-30)12-2-4-13(5-3-12)28-21(33)29-14-6-7-15(20(31)32)18(8-14)22(23,24)25/h2-11H,1H3,(H,31,32)(H2,28,29,33). The van der Waals surface area contributed by atoms with E-state index in [2.05, 4.69) is 20.7 Å². The number of carbonyl (C=O) groups excluding carboxylic acids is 1. The Bertz CT molecular complexity index is 1360. The molecule has 0 saturated carbocycles. The number of rotatable bonds is 4. The first-order chi connectivity index (χ1) is 15.6. The van der Waals surface area contributed by atoms with Crippen LogP contribution in [-0.2, 0) is 13.2 Å². The lowest BCUT2D eigenvalue weighted by atomic mass is 10.0. The Labute approximate surface area is 184 Å². The summed E-state index contributed by atoms with van der Waals surface area (Å²) in [6.45, 7) is 0. The van der Waals surface area contributed by atoms with E-state index in [0.717, 1.165) is 34.2 Å². The van der Waals surface area contributed by atoms with E-state index in [-0.39, 0.29) is 5.69 Å². The zero-order valence-corrected chi connectivity index (χ0v) is 17.0. The first kappa shape index (κ1) is 21.8. The zero-order chi connectivity index (χ0) is 23.8. The van der Waals surface area contributed by atoms with Gasteiger partial charge in [0.2, 0.25) is 0 Å². The number of pyridine rings is 1. The molecule has 11 heteroatoms. The van der Waals surface area contributed by atoms with Gasteiger partial charge in [0.1, 0.15) is 0 Å². The van der Waals surface area contributed by atoms with E-state index >= 15 is 0 Å². The molecule has 0 aliphatic carbocycles. The van der Waals surface area contributed by atoms with Gasteiger partial charge in [-0.1, -0.05) is 12.1 Å². The molecule has 4 aromatic rings. The van der Waals surface area contributed by atoms with Crippen LogP contribution < -0.4 is 10.6 Å². The molecule has 2 aromatic heterocycles. The van der Waals surface area contributed by atoms with Crippen LogP contribution in [0.3, 0.4) is 0 Å². The van der Waals surface area contributed by atoms with Crippen LogP contribution in [0.15, 0.2) is 61.1 Å². The van der Waals surface area contributed by atoms with E-state index in [4.69, 9.17) is 5.11 Å². The Hall–Kier alpha value is -4.41. The highest BCUT2D eigenvalue weighted by Gasteiger charge is 2.35. The minimum absolute atomic E-state index is 0.198. The molecular weight excluding hydrogens is 439 g/mol. The van der Waals surface area contributed by atoms with Crippen molar-refractivity contribution in [1.29, 1.82) is 0 Å². The molecule has 0 spiro atoms. The molecule has 0 unspecified atom stereocenters. The van der Waals surface area contributed by atoms with Crippen molar-refractivity contribution in [1.82, 2.24) is 14.8 Å². The molecule has 0 bridgehead atoms. The van der Waals surface area contributed by atoms with Gasteiger partial charge in [-0.15, -0.1) is 0 Å². The average Bonchev–Trinajstić information content (AvgIpc) is 3.14. The normalized spacial score (nSPS) is 11.4. The van der Waals surface area contributed by atoms with Crippen molar-refractivity contribution in [3.05, 3.63) is 72.2 Å². The molecule has 0 aliphatic heterocycles. The van der Waals surface area contributed by atoms with Gasteiger partial charge in [-0.05, 0) is 35.9 Å². The van der Waals surface area contributed by atoms with Crippen molar-refractivity contribution in [2.75, 3.05) is 10.6 Å². The summed E-state index contributed by atoms with van der Waals surface area (Å²) in [5, 5.41) is 18.9. The number of halogens is 3. The quantitative estimate of drug-likeness (QED) is 0.401. The van der Waals surface area contributed by atoms with Crippen LogP contribution in [0.2, 0.25) is 0 Å². The van der Waals surface area contributed by atoms with Gasteiger partial charge >= 0.3 is 18.2 Å². The Morgan fingerprint density at radius 1 is 0.970 bits per heavy atom. The first-order valence-electron chi connectivity index (χ1n) is 9.52. The van der Waals surface area contributed by atoms with Crippen LogP contribution in [0.1, 0.15) is 15.9 Å². The number of hydrogen-bond donors (Lipinski definition) is 3. The Balaban J connectivity index is 1.50. The van der Waals surface area contributed by atoms with Gasteiger partial charge in [0, 0.05) is 35.6 Å². The molecule has 3 N–H and O–H groups in total. The SMILES string of the molecule is Cn1ncc2c(-c3ccc(NC(=O)Nc4ccc(C(=O)O)c(C(F)(F)F)c4)cc3)cncc21. The van der Waals surface area contributed by atoms with E-state index in [9.17, 15) is 22.8 Å². The molecule has 0 radical (unpaired) electrons. The number of benzene rings is 2. The lowest BCUT2D eigenvalue weighted by Gasteiger charge is -2.13.